The van der Waals surface area contributed by atoms with Crippen LogP contribution in [0.4, 0.5) is 4.39 Å². The molecule has 0 spiro atoms. The van der Waals surface area contributed by atoms with Crippen LogP contribution in [-0.4, -0.2) is 25.0 Å². The minimum Gasteiger partial charge on any atom is -0.492 e. The molecule has 0 bridgehead atoms. The minimum absolute atomic E-state index is 0.207. The molecule has 0 radical (unpaired) electrons. The standard InChI is InChI=1S/C25H23FN2O3/c1-2-24(29)27-14-22(18-8-7-16-5-3-4-6-17(16)11-18)28-25(30)20-12-19-13-21(26)9-10-23(19)31-15-20/h2-11,13,20,22H,1,12,14-15H2,(H,27,29)(H,28,30). The molecule has 2 unspecified atom stereocenters. The van der Waals surface area contributed by atoms with Crippen molar-refractivity contribution in [3.63, 3.8) is 0 Å². The smallest absolute Gasteiger partial charge is 0.243 e. The third-order valence-electron chi connectivity index (χ3n) is 5.46. The van der Waals surface area contributed by atoms with Crippen LogP contribution >= 0.6 is 0 Å². The molecule has 2 amide bonds. The molecule has 1 aliphatic rings. The van der Waals surface area contributed by atoms with E-state index in [1.165, 1.54) is 18.2 Å². The van der Waals surface area contributed by atoms with Gasteiger partial charge in [0.25, 0.3) is 0 Å². The maximum atomic E-state index is 13.6. The molecule has 0 fully saturated rings. The Kier molecular flexibility index (Phi) is 5.98. The van der Waals surface area contributed by atoms with E-state index in [0.29, 0.717) is 17.7 Å². The summed E-state index contributed by atoms with van der Waals surface area (Å²) in [6.45, 7) is 3.90. The van der Waals surface area contributed by atoms with Crippen molar-refractivity contribution < 1.29 is 18.7 Å². The van der Waals surface area contributed by atoms with E-state index >= 15 is 0 Å². The van der Waals surface area contributed by atoms with Crippen molar-refractivity contribution in [2.75, 3.05) is 13.2 Å². The van der Waals surface area contributed by atoms with Crippen LogP contribution in [0.5, 0.6) is 5.75 Å². The van der Waals surface area contributed by atoms with Gasteiger partial charge < -0.3 is 15.4 Å². The Morgan fingerprint density at radius 2 is 1.94 bits per heavy atom. The number of rotatable bonds is 6. The zero-order valence-corrected chi connectivity index (χ0v) is 16.9. The largest absolute Gasteiger partial charge is 0.492 e. The first-order valence-electron chi connectivity index (χ1n) is 10.1. The highest BCUT2D eigenvalue weighted by Crippen LogP contribution is 2.28. The predicted molar refractivity (Wildman–Crippen MR) is 117 cm³/mol. The molecule has 3 aromatic carbocycles. The van der Waals surface area contributed by atoms with Crippen LogP contribution in [-0.2, 0) is 16.0 Å². The molecule has 158 valence electrons. The lowest BCUT2D eigenvalue weighted by Gasteiger charge is -2.27. The summed E-state index contributed by atoms with van der Waals surface area (Å²) in [4.78, 5) is 24.8. The van der Waals surface area contributed by atoms with Gasteiger partial charge in [-0.05, 0) is 58.7 Å². The lowest BCUT2D eigenvalue weighted by atomic mass is 9.95. The summed E-state index contributed by atoms with van der Waals surface area (Å²) < 4.78 is 19.2. The van der Waals surface area contributed by atoms with E-state index < -0.39 is 12.0 Å². The fourth-order valence-corrected chi connectivity index (χ4v) is 3.77. The van der Waals surface area contributed by atoms with Gasteiger partial charge in [-0.2, -0.15) is 0 Å². The second kappa shape index (κ2) is 9.00. The van der Waals surface area contributed by atoms with Crippen molar-refractivity contribution in [2.45, 2.75) is 12.5 Å². The van der Waals surface area contributed by atoms with Gasteiger partial charge in [-0.3, -0.25) is 9.59 Å². The fourth-order valence-electron chi connectivity index (χ4n) is 3.77. The molecule has 31 heavy (non-hydrogen) atoms. The maximum absolute atomic E-state index is 13.6. The number of hydrogen-bond donors (Lipinski definition) is 2. The van der Waals surface area contributed by atoms with Gasteiger partial charge >= 0.3 is 0 Å². The monoisotopic (exact) mass is 418 g/mol. The van der Waals surface area contributed by atoms with Crippen LogP contribution in [0.3, 0.4) is 0 Å². The number of carbonyl (C=O) groups is 2. The SMILES string of the molecule is C=CC(=O)NCC(NC(=O)C1COc2ccc(F)cc2C1)c1ccc2ccccc2c1. The first kappa shape index (κ1) is 20.6. The zero-order chi connectivity index (χ0) is 21.8. The summed E-state index contributed by atoms with van der Waals surface area (Å²) in [5, 5.41) is 7.92. The molecule has 4 rings (SSSR count). The number of ether oxygens (including phenoxy) is 1. The highest BCUT2D eigenvalue weighted by atomic mass is 19.1. The predicted octanol–water partition coefficient (Wildman–Crippen LogP) is 3.69. The van der Waals surface area contributed by atoms with Crippen LogP contribution in [0.2, 0.25) is 0 Å². The summed E-state index contributed by atoms with van der Waals surface area (Å²) in [5.74, 6) is -0.724. The second-order valence-electron chi connectivity index (χ2n) is 7.58. The Labute approximate surface area is 179 Å². The molecule has 2 atom stereocenters. The summed E-state index contributed by atoms with van der Waals surface area (Å²) in [7, 11) is 0. The molecule has 5 nitrogen and oxygen atoms in total. The van der Waals surface area contributed by atoms with Gasteiger partial charge in [-0.25, -0.2) is 4.39 Å². The van der Waals surface area contributed by atoms with Crippen molar-refractivity contribution in [2.24, 2.45) is 5.92 Å². The molecule has 3 aromatic rings. The van der Waals surface area contributed by atoms with Gasteiger partial charge in [-0.15, -0.1) is 0 Å². The van der Waals surface area contributed by atoms with E-state index in [0.717, 1.165) is 16.3 Å². The van der Waals surface area contributed by atoms with E-state index in [9.17, 15) is 14.0 Å². The molecule has 2 N–H and O–H groups in total. The highest BCUT2D eigenvalue weighted by molar-refractivity contribution is 5.87. The molecule has 6 heteroatoms. The molecule has 0 saturated heterocycles. The van der Waals surface area contributed by atoms with Crippen LogP contribution in [0.1, 0.15) is 17.2 Å². The number of carbonyl (C=O) groups excluding carboxylic acids is 2. The molecule has 1 heterocycles. The number of fused-ring (bicyclic) bond motifs is 2. The summed E-state index contributed by atoms with van der Waals surface area (Å²) in [6, 6.07) is 17.8. The Morgan fingerprint density at radius 3 is 2.74 bits per heavy atom. The Balaban J connectivity index is 1.54. The average molecular weight is 418 g/mol. The third-order valence-corrected chi connectivity index (χ3v) is 5.46. The normalized spacial score (nSPS) is 16.0. The Hall–Kier alpha value is -3.67. The second-order valence-corrected chi connectivity index (χ2v) is 7.58. The lowest BCUT2D eigenvalue weighted by molar-refractivity contribution is -0.127. The quantitative estimate of drug-likeness (QED) is 0.600. The van der Waals surface area contributed by atoms with Crippen molar-refractivity contribution in [1.29, 1.82) is 0 Å². The van der Waals surface area contributed by atoms with E-state index in [1.54, 1.807) is 6.07 Å². The van der Waals surface area contributed by atoms with Crippen molar-refractivity contribution in [1.82, 2.24) is 10.6 Å². The summed E-state index contributed by atoms with van der Waals surface area (Å²) in [6.07, 6.45) is 1.59. The van der Waals surface area contributed by atoms with Crippen LogP contribution < -0.4 is 15.4 Å². The van der Waals surface area contributed by atoms with E-state index in [1.807, 2.05) is 42.5 Å². The van der Waals surface area contributed by atoms with Crippen molar-refractivity contribution in [3.05, 3.63) is 90.3 Å². The van der Waals surface area contributed by atoms with Gasteiger partial charge in [0.2, 0.25) is 11.8 Å². The fraction of sp³-hybridized carbons (Fsp3) is 0.200. The summed E-state index contributed by atoms with van der Waals surface area (Å²) >= 11 is 0. The highest BCUT2D eigenvalue weighted by Gasteiger charge is 2.28. The van der Waals surface area contributed by atoms with Gasteiger partial charge in [0, 0.05) is 6.54 Å². The van der Waals surface area contributed by atoms with E-state index in [2.05, 4.69) is 17.2 Å². The molecule has 0 aliphatic carbocycles. The molecular weight excluding hydrogens is 395 g/mol. The van der Waals surface area contributed by atoms with Crippen LogP contribution in [0.15, 0.2) is 73.3 Å². The number of benzene rings is 3. The Bertz CT molecular complexity index is 1140. The lowest BCUT2D eigenvalue weighted by Crippen LogP contribution is -2.43. The minimum atomic E-state index is -0.452. The topological polar surface area (TPSA) is 67.4 Å². The molecule has 1 aliphatic heterocycles. The zero-order valence-electron chi connectivity index (χ0n) is 16.9. The molecule has 0 saturated carbocycles. The van der Waals surface area contributed by atoms with Gasteiger partial charge in [0.1, 0.15) is 18.2 Å². The summed E-state index contributed by atoms with van der Waals surface area (Å²) in [5.41, 5.74) is 1.55. The third kappa shape index (κ3) is 4.74. The molecular formula is C25H23FN2O3. The van der Waals surface area contributed by atoms with Gasteiger partial charge in [0.15, 0.2) is 0 Å². The van der Waals surface area contributed by atoms with Gasteiger partial charge in [-0.1, -0.05) is 43.0 Å². The molecule has 0 aromatic heterocycles. The number of hydrogen-bond acceptors (Lipinski definition) is 3. The first-order valence-corrected chi connectivity index (χ1v) is 10.1. The van der Waals surface area contributed by atoms with Crippen molar-refractivity contribution >= 4 is 22.6 Å². The van der Waals surface area contributed by atoms with E-state index in [4.69, 9.17) is 4.74 Å². The van der Waals surface area contributed by atoms with Crippen molar-refractivity contribution in [3.8, 4) is 5.75 Å². The van der Waals surface area contributed by atoms with Crippen LogP contribution in [0.25, 0.3) is 10.8 Å². The van der Waals surface area contributed by atoms with Gasteiger partial charge in [0.05, 0.1) is 12.0 Å². The number of amides is 2. The first-order chi connectivity index (χ1) is 15.0. The maximum Gasteiger partial charge on any atom is 0.243 e. The van der Waals surface area contributed by atoms with Crippen LogP contribution in [0, 0.1) is 11.7 Å². The number of nitrogens with one attached hydrogen (secondary N) is 2. The van der Waals surface area contributed by atoms with E-state index in [-0.39, 0.29) is 30.8 Å². The average Bonchev–Trinajstić information content (AvgIpc) is 2.80. The number of halogens is 1. The Morgan fingerprint density at radius 1 is 1.13 bits per heavy atom.